The Morgan fingerprint density at radius 2 is 1.41 bits per heavy atom. The van der Waals surface area contributed by atoms with Gasteiger partial charge in [-0.3, -0.25) is 4.79 Å². The second-order valence-corrected chi connectivity index (χ2v) is 13.9. The molecule has 12 heteroatoms. The van der Waals surface area contributed by atoms with Crippen molar-refractivity contribution in [3.05, 3.63) is 0 Å². The standard InChI is InChI=1S/C34H62N4O6S.ClH/c1-6-7-8-9-10-11-12-13-14-15-16-17-18-19-20-21-30(39)43-28(2)33(40)44-29(26-35-34(3,4)5)27-42-32-31(36-45-37-32)38-22-24-41-25-23-38;/h28-29,35H,6-27H2,1-5H3;1H/t28-,29+;/m1./s1. The van der Waals surface area contributed by atoms with Crippen LogP contribution in [0.3, 0.4) is 0 Å². The van der Waals surface area contributed by atoms with E-state index in [1.807, 2.05) is 20.8 Å². The minimum Gasteiger partial charge on any atom is -0.470 e. The first kappa shape index (κ1) is 42.3. The number of rotatable bonds is 25. The molecular weight excluding hydrogens is 628 g/mol. The molecule has 0 radical (unpaired) electrons. The van der Waals surface area contributed by atoms with E-state index in [0.29, 0.717) is 51.0 Å². The number of nitrogens with zero attached hydrogens (tertiary/aromatic N) is 3. The molecule has 0 aliphatic carbocycles. The number of unbranched alkanes of at least 4 members (excludes halogenated alkanes) is 14. The molecule has 0 aromatic carbocycles. The summed E-state index contributed by atoms with van der Waals surface area (Å²) in [5.74, 6) is 0.146. The fraction of sp³-hybridized carbons (Fsp3) is 0.882. The van der Waals surface area contributed by atoms with Crippen LogP contribution in [-0.4, -0.2) is 77.9 Å². The van der Waals surface area contributed by atoms with E-state index in [1.54, 1.807) is 6.92 Å². The Bertz CT molecular complexity index is 926. The maximum Gasteiger partial charge on any atom is 0.347 e. The second kappa shape index (κ2) is 25.3. The number of aromatic nitrogens is 2. The third kappa shape index (κ3) is 19.9. The molecular formula is C34H63ClN4O6S. The summed E-state index contributed by atoms with van der Waals surface area (Å²) in [5.41, 5.74) is -0.183. The van der Waals surface area contributed by atoms with Crippen molar-refractivity contribution in [2.45, 2.75) is 155 Å². The number of hydrogen-bond acceptors (Lipinski definition) is 11. The molecule has 0 amide bonds. The number of nitrogens with one attached hydrogen (secondary N) is 1. The first-order valence-corrected chi connectivity index (χ1v) is 18.4. The first-order chi connectivity index (χ1) is 21.7. The monoisotopic (exact) mass is 690 g/mol. The number of morpholine rings is 1. The average Bonchev–Trinajstić information content (AvgIpc) is 3.49. The van der Waals surface area contributed by atoms with E-state index in [1.165, 1.54) is 77.0 Å². The zero-order valence-electron chi connectivity index (χ0n) is 29.3. The van der Waals surface area contributed by atoms with Crippen molar-refractivity contribution in [1.82, 2.24) is 14.1 Å². The highest BCUT2D eigenvalue weighted by Crippen LogP contribution is 2.26. The molecule has 268 valence electrons. The van der Waals surface area contributed by atoms with Crippen molar-refractivity contribution < 1.29 is 28.5 Å². The SMILES string of the molecule is CCCCCCCCCCCCCCCCCC(=O)O[C@H](C)C(=O)O[C@@H](CNC(C)(C)C)COc1nsnc1N1CCOCC1.Cl. The van der Waals surface area contributed by atoms with E-state index in [9.17, 15) is 9.59 Å². The van der Waals surface area contributed by atoms with E-state index >= 15 is 0 Å². The Kier molecular flexibility index (Phi) is 23.3. The number of ether oxygens (including phenoxy) is 4. The molecule has 1 aromatic heterocycles. The lowest BCUT2D eigenvalue weighted by Gasteiger charge is -2.28. The Morgan fingerprint density at radius 1 is 0.870 bits per heavy atom. The fourth-order valence-corrected chi connectivity index (χ4v) is 5.69. The predicted octanol–water partition coefficient (Wildman–Crippen LogP) is 7.67. The molecule has 1 fully saturated rings. The summed E-state index contributed by atoms with van der Waals surface area (Å²) >= 11 is 1.08. The van der Waals surface area contributed by atoms with Gasteiger partial charge in [-0.2, -0.15) is 4.37 Å². The van der Waals surface area contributed by atoms with Gasteiger partial charge >= 0.3 is 11.9 Å². The lowest BCUT2D eigenvalue weighted by molar-refractivity contribution is -0.171. The number of anilines is 1. The van der Waals surface area contributed by atoms with Gasteiger partial charge in [-0.05, 0) is 34.1 Å². The van der Waals surface area contributed by atoms with Gasteiger partial charge in [0.05, 0.1) is 24.9 Å². The largest absolute Gasteiger partial charge is 0.470 e. The minimum absolute atomic E-state index is 0. The molecule has 0 saturated carbocycles. The van der Waals surface area contributed by atoms with Crippen LogP contribution in [0.2, 0.25) is 0 Å². The van der Waals surface area contributed by atoms with Crippen LogP contribution in [0.5, 0.6) is 5.88 Å². The summed E-state index contributed by atoms with van der Waals surface area (Å²) in [6.45, 7) is 13.1. The molecule has 10 nitrogen and oxygen atoms in total. The first-order valence-electron chi connectivity index (χ1n) is 17.6. The molecule has 1 aliphatic heterocycles. The van der Waals surface area contributed by atoms with E-state index in [4.69, 9.17) is 18.9 Å². The number of carbonyl (C=O) groups excluding carboxylic acids is 2. The van der Waals surface area contributed by atoms with Crippen LogP contribution >= 0.6 is 24.1 Å². The van der Waals surface area contributed by atoms with Gasteiger partial charge in [-0.25, -0.2) is 4.79 Å². The summed E-state index contributed by atoms with van der Waals surface area (Å²) in [6, 6.07) is 0. The fourth-order valence-electron chi connectivity index (χ4n) is 5.17. The van der Waals surface area contributed by atoms with Crippen LogP contribution in [0.1, 0.15) is 137 Å². The lowest BCUT2D eigenvalue weighted by atomic mass is 10.0. The lowest BCUT2D eigenvalue weighted by Crippen LogP contribution is -2.45. The van der Waals surface area contributed by atoms with Crippen LogP contribution in [0.15, 0.2) is 0 Å². The zero-order chi connectivity index (χ0) is 32.8. The molecule has 0 bridgehead atoms. The Morgan fingerprint density at radius 3 is 1.96 bits per heavy atom. The molecule has 1 N–H and O–H groups in total. The highest BCUT2D eigenvalue weighted by Gasteiger charge is 2.26. The third-order valence-electron chi connectivity index (χ3n) is 7.93. The third-order valence-corrected chi connectivity index (χ3v) is 8.43. The Hall–Kier alpha value is -1.69. The molecule has 2 rings (SSSR count). The van der Waals surface area contributed by atoms with Gasteiger partial charge in [0.15, 0.2) is 6.10 Å². The van der Waals surface area contributed by atoms with Gasteiger partial charge < -0.3 is 29.2 Å². The molecule has 46 heavy (non-hydrogen) atoms. The van der Waals surface area contributed by atoms with Gasteiger partial charge in [0.25, 0.3) is 5.88 Å². The average molecular weight is 691 g/mol. The van der Waals surface area contributed by atoms with Gasteiger partial charge in [-0.1, -0.05) is 96.8 Å². The number of carbonyl (C=O) groups is 2. The topological polar surface area (TPSA) is 112 Å². The van der Waals surface area contributed by atoms with Crippen molar-refractivity contribution in [2.75, 3.05) is 44.4 Å². The van der Waals surface area contributed by atoms with E-state index in [0.717, 1.165) is 31.0 Å². The van der Waals surface area contributed by atoms with Gasteiger partial charge in [0, 0.05) is 31.6 Å². The molecule has 2 heterocycles. The van der Waals surface area contributed by atoms with Crippen LogP contribution in [0.4, 0.5) is 5.82 Å². The van der Waals surface area contributed by atoms with Crippen LogP contribution < -0.4 is 15.0 Å². The van der Waals surface area contributed by atoms with Crippen molar-refractivity contribution in [1.29, 1.82) is 0 Å². The quantitative estimate of drug-likeness (QED) is 0.0810. The van der Waals surface area contributed by atoms with E-state index in [-0.39, 0.29) is 30.5 Å². The maximum absolute atomic E-state index is 12.9. The molecule has 0 unspecified atom stereocenters. The van der Waals surface area contributed by atoms with Crippen LogP contribution in [-0.2, 0) is 23.8 Å². The van der Waals surface area contributed by atoms with Crippen LogP contribution in [0, 0.1) is 0 Å². The zero-order valence-corrected chi connectivity index (χ0v) is 31.0. The summed E-state index contributed by atoms with van der Waals surface area (Å²) in [6.07, 6.45) is 17.8. The number of hydrogen-bond donors (Lipinski definition) is 1. The summed E-state index contributed by atoms with van der Waals surface area (Å²) in [7, 11) is 0. The normalized spacial score (nSPS) is 14.8. The molecule has 2 atom stereocenters. The van der Waals surface area contributed by atoms with Crippen LogP contribution in [0.25, 0.3) is 0 Å². The van der Waals surface area contributed by atoms with Gasteiger partial charge in [-0.15, -0.1) is 16.8 Å². The smallest absolute Gasteiger partial charge is 0.347 e. The molecule has 1 aromatic rings. The maximum atomic E-state index is 12.9. The highest BCUT2D eigenvalue weighted by atomic mass is 35.5. The molecule has 1 saturated heterocycles. The summed E-state index contributed by atoms with van der Waals surface area (Å²) in [5, 5.41) is 3.36. The Balaban J connectivity index is 0.0000106. The minimum atomic E-state index is -0.990. The van der Waals surface area contributed by atoms with E-state index < -0.39 is 18.2 Å². The van der Waals surface area contributed by atoms with E-state index in [2.05, 4.69) is 25.9 Å². The number of esters is 2. The number of halogens is 1. The highest BCUT2D eigenvalue weighted by molar-refractivity contribution is 6.99. The van der Waals surface area contributed by atoms with Crippen molar-refractivity contribution in [3.63, 3.8) is 0 Å². The molecule has 0 spiro atoms. The van der Waals surface area contributed by atoms with Crippen molar-refractivity contribution >= 4 is 41.9 Å². The van der Waals surface area contributed by atoms with Gasteiger partial charge in [0.1, 0.15) is 12.7 Å². The summed E-state index contributed by atoms with van der Waals surface area (Å²) < 4.78 is 31.3. The molecule has 1 aliphatic rings. The summed E-state index contributed by atoms with van der Waals surface area (Å²) in [4.78, 5) is 27.4. The predicted molar refractivity (Wildman–Crippen MR) is 188 cm³/mol. The second-order valence-electron chi connectivity index (χ2n) is 13.3. The van der Waals surface area contributed by atoms with Crippen molar-refractivity contribution in [3.8, 4) is 5.88 Å². The van der Waals surface area contributed by atoms with Gasteiger partial charge in [0.2, 0.25) is 5.82 Å². The Labute approximate surface area is 289 Å². The van der Waals surface area contributed by atoms with Crippen molar-refractivity contribution in [2.24, 2.45) is 0 Å².